The number of ether oxygens (including phenoxy) is 1. The molecule has 0 aliphatic rings. The fourth-order valence-electron chi connectivity index (χ4n) is 2.61. The van der Waals surface area contributed by atoms with E-state index < -0.39 is 0 Å². The first-order chi connectivity index (χ1) is 11.4. The summed E-state index contributed by atoms with van der Waals surface area (Å²) < 4.78 is 5.12. The average Bonchev–Trinajstić information content (AvgIpc) is 3.07. The number of fused-ring (bicyclic) bond motifs is 1. The van der Waals surface area contributed by atoms with Crippen LogP contribution in [-0.4, -0.2) is 32.0 Å². The van der Waals surface area contributed by atoms with E-state index >= 15 is 0 Å². The van der Waals surface area contributed by atoms with Gasteiger partial charge in [-0.05, 0) is 23.8 Å². The van der Waals surface area contributed by atoms with Gasteiger partial charge in [-0.25, -0.2) is 19.9 Å². The summed E-state index contributed by atoms with van der Waals surface area (Å²) in [6.45, 7) is 0. The van der Waals surface area contributed by atoms with Gasteiger partial charge in [0.05, 0.1) is 12.8 Å². The molecule has 0 atom stereocenters. The topological polar surface area (TPSA) is 76.6 Å². The Balaban J connectivity index is 1.94. The Kier molecular flexibility index (Phi) is 3.20. The number of nitrogens with zero attached hydrogens (tertiary/aromatic N) is 4. The van der Waals surface area contributed by atoms with Gasteiger partial charge in [0.25, 0.3) is 0 Å². The summed E-state index contributed by atoms with van der Waals surface area (Å²) in [5.74, 6) is 0.587. The van der Waals surface area contributed by atoms with Gasteiger partial charge in [-0.2, -0.15) is 0 Å². The van der Waals surface area contributed by atoms with E-state index in [1.54, 1.807) is 32.0 Å². The minimum absolute atomic E-state index is 0.587. The summed E-state index contributed by atoms with van der Waals surface area (Å²) in [5.41, 5.74) is 4.68. The van der Waals surface area contributed by atoms with E-state index in [9.17, 15) is 0 Å². The van der Waals surface area contributed by atoms with Gasteiger partial charge in [0.1, 0.15) is 12.0 Å². The predicted octanol–water partition coefficient (Wildman–Crippen LogP) is 3.09. The molecule has 6 heteroatoms. The fraction of sp³-hybridized carbons (Fsp3) is 0.0588. The van der Waals surface area contributed by atoms with Gasteiger partial charge in [0.2, 0.25) is 5.88 Å². The molecule has 0 saturated carbocycles. The number of hydrogen-bond acceptors (Lipinski definition) is 5. The van der Waals surface area contributed by atoms with Crippen molar-refractivity contribution >= 4 is 11.0 Å². The standard InChI is InChI=1S/C17H13N5O/c1-23-15-3-2-11(8-20-15)12-4-7-19-17-16(12)13(9-21-17)14-5-6-18-10-22-14/h2-10H,1H3,(H,19,21). The maximum absolute atomic E-state index is 5.12. The number of nitrogens with one attached hydrogen (secondary N) is 1. The highest BCUT2D eigenvalue weighted by Crippen LogP contribution is 2.34. The van der Waals surface area contributed by atoms with E-state index in [-0.39, 0.29) is 0 Å². The normalized spacial score (nSPS) is 10.8. The first-order valence-electron chi connectivity index (χ1n) is 7.09. The number of hydrogen-bond donors (Lipinski definition) is 1. The second-order valence-corrected chi connectivity index (χ2v) is 4.97. The van der Waals surface area contributed by atoms with E-state index in [1.165, 1.54) is 0 Å². The SMILES string of the molecule is COc1ccc(-c2ccnc3[nH]cc(-c4ccncn4)c23)cn1. The lowest BCUT2D eigenvalue weighted by Gasteiger charge is -2.06. The zero-order valence-corrected chi connectivity index (χ0v) is 12.4. The lowest BCUT2D eigenvalue weighted by molar-refractivity contribution is 0.398. The molecule has 0 unspecified atom stereocenters. The van der Waals surface area contributed by atoms with Gasteiger partial charge in [-0.1, -0.05) is 0 Å². The lowest BCUT2D eigenvalue weighted by atomic mass is 10.0. The molecule has 4 heterocycles. The number of rotatable bonds is 3. The van der Waals surface area contributed by atoms with Crippen molar-refractivity contribution < 1.29 is 4.74 Å². The van der Waals surface area contributed by atoms with Gasteiger partial charge in [0, 0.05) is 47.4 Å². The average molecular weight is 303 g/mol. The van der Waals surface area contributed by atoms with Gasteiger partial charge in [-0.15, -0.1) is 0 Å². The van der Waals surface area contributed by atoms with Crippen molar-refractivity contribution in [1.29, 1.82) is 0 Å². The Hall–Kier alpha value is -3.28. The second-order valence-electron chi connectivity index (χ2n) is 4.97. The first kappa shape index (κ1) is 13.4. The van der Waals surface area contributed by atoms with Gasteiger partial charge < -0.3 is 9.72 Å². The molecule has 1 N–H and O–H groups in total. The molecule has 4 aromatic heterocycles. The molecule has 112 valence electrons. The first-order valence-corrected chi connectivity index (χ1v) is 7.09. The molecular weight excluding hydrogens is 290 g/mol. The molecule has 4 rings (SSSR count). The van der Waals surface area contributed by atoms with Crippen LogP contribution in [0.3, 0.4) is 0 Å². The number of aromatic amines is 1. The summed E-state index contributed by atoms with van der Waals surface area (Å²) in [4.78, 5) is 20.2. The summed E-state index contributed by atoms with van der Waals surface area (Å²) in [6, 6.07) is 7.69. The number of aromatic nitrogens is 5. The number of methoxy groups -OCH3 is 1. The molecule has 0 aromatic carbocycles. The highest BCUT2D eigenvalue weighted by Gasteiger charge is 2.13. The van der Waals surface area contributed by atoms with Gasteiger partial charge >= 0.3 is 0 Å². The molecule has 0 aliphatic heterocycles. The van der Waals surface area contributed by atoms with E-state index in [0.29, 0.717) is 5.88 Å². The van der Waals surface area contributed by atoms with Crippen LogP contribution in [0.2, 0.25) is 0 Å². The molecule has 0 fully saturated rings. The summed E-state index contributed by atoms with van der Waals surface area (Å²) >= 11 is 0. The zero-order chi connectivity index (χ0) is 15.6. The molecule has 0 aliphatic carbocycles. The fourth-order valence-corrected chi connectivity index (χ4v) is 2.61. The molecule has 0 bridgehead atoms. The van der Waals surface area contributed by atoms with Crippen molar-refractivity contribution in [2.24, 2.45) is 0 Å². The van der Waals surface area contributed by atoms with Gasteiger partial charge in [-0.3, -0.25) is 0 Å². The van der Waals surface area contributed by atoms with Crippen molar-refractivity contribution in [3.05, 3.63) is 55.4 Å². The van der Waals surface area contributed by atoms with Crippen LogP contribution in [0.25, 0.3) is 33.4 Å². The highest BCUT2D eigenvalue weighted by molar-refractivity contribution is 6.03. The second kappa shape index (κ2) is 5.49. The molecule has 0 spiro atoms. The van der Waals surface area contributed by atoms with E-state index in [1.807, 2.05) is 30.5 Å². The van der Waals surface area contributed by atoms with E-state index in [2.05, 4.69) is 24.9 Å². The van der Waals surface area contributed by atoms with E-state index in [0.717, 1.165) is 33.4 Å². The highest BCUT2D eigenvalue weighted by atomic mass is 16.5. The third-order valence-corrected chi connectivity index (χ3v) is 3.69. The largest absolute Gasteiger partial charge is 0.481 e. The summed E-state index contributed by atoms with van der Waals surface area (Å²) in [5, 5.41) is 1.01. The van der Waals surface area contributed by atoms with Crippen LogP contribution in [0.15, 0.2) is 55.4 Å². The third kappa shape index (κ3) is 2.30. The van der Waals surface area contributed by atoms with Crippen molar-refractivity contribution in [3.63, 3.8) is 0 Å². The molecule has 0 radical (unpaired) electrons. The minimum Gasteiger partial charge on any atom is -0.481 e. The van der Waals surface area contributed by atoms with Crippen LogP contribution in [0.4, 0.5) is 0 Å². The van der Waals surface area contributed by atoms with Crippen LogP contribution in [-0.2, 0) is 0 Å². The Bertz CT molecular complexity index is 948. The quantitative estimate of drug-likeness (QED) is 0.629. The Morgan fingerprint density at radius 1 is 0.957 bits per heavy atom. The molecule has 0 amide bonds. The van der Waals surface area contributed by atoms with Crippen molar-refractivity contribution in [2.75, 3.05) is 7.11 Å². The van der Waals surface area contributed by atoms with Gasteiger partial charge in [0.15, 0.2) is 0 Å². The molecule has 4 aromatic rings. The molecular formula is C17H13N5O. The lowest BCUT2D eigenvalue weighted by Crippen LogP contribution is -1.89. The minimum atomic E-state index is 0.587. The van der Waals surface area contributed by atoms with Crippen LogP contribution >= 0.6 is 0 Å². The van der Waals surface area contributed by atoms with Crippen LogP contribution in [0.5, 0.6) is 5.88 Å². The van der Waals surface area contributed by atoms with Crippen molar-refractivity contribution in [3.8, 4) is 28.3 Å². The van der Waals surface area contributed by atoms with Crippen LogP contribution in [0.1, 0.15) is 0 Å². The molecule has 23 heavy (non-hydrogen) atoms. The monoisotopic (exact) mass is 303 g/mol. The summed E-state index contributed by atoms with van der Waals surface area (Å²) in [7, 11) is 1.60. The Morgan fingerprint density at radius 3 is 2.65 bits per heavy atom. The Labute approximate surface area is 132 Å². The van der Waals surface area contributed by atoms with Crippen molar-refractivity contribution in [1.82, 2.24) is 24.9 Å². The van der Waals surface area contributed by atoms with Crippen molar-refractivity contribution in [2.45, 2.75) is 0 Å². The summed E-state index contributed by atoms with van der Waals surface area (Å²) in [6.07, 6.45) is 8.76. The smallest absolute Gasteiger partial charge is 0.212 e. The zero-order valence-electron chi connectivity index (χ0n) is 12.4. The maximum atomic E-state index is 5.12. The Morgan fingerprint density at radius 2 is 1.91 bits per heavy atom. The molecule has 6 nitrogen and oxygen atoms in total. The third-order valence-electron chi connectivity index (χ3n) is 3.69. The molecule has 0 saturated heterocycles. The van der Waals surface area contributed by atoms with E-state index in [4.69, 9.17) is 4.74 Å². The van der Waals surface area contributed by atoms with Crippen LogP contribution in [0, 0.1) is 0 Å². The predicted molar refractivity (Wildman–Crippen MR) is 86.9 cm³/mol. The maximum Gasteiger partial charge on any atom is 0.212 e. The van der Waals surface area contributed by atoms with Crippen LogP contribution < -0.4 is 4.74 Å². The number of H-pyrrole nitrogens is 1. The number of pyridine rings is 2.